The maximum Gasteiger partial charge on any atom is 0.306 e. The van der Waals surface area contributed by atoms with Gasteiger partial charge in [0.25, 0.3) is 0 Å². The van der Waals surface area contributed by atoms with Crippen molar-refractivity contribution in [2.75, 3.05) is 13.2 Å². The van der Waals surface area contributed by atoms with E-state index in [4.69, 9.17) is 14.2 Å². The Morgan fingerprint density at radius 1 is 0.241 bits per heavy atom. The number of hydrogen-bond acceptors (Lipinski definition) is 6. The molecule has 0 rings (SSSR count). The maximum atomic E-state index is 12.9. The number of unbranched alkanes of at least 4 members (excludes halogenated alkanes) is 50. The molecular formula is C77H142O6. The van der Waals surface area contributed by atoms with Crippen LogP contribution >= 0.6 is 0 Å². The van der Waals surface area contributed by atoms with E-state index in [0.29, 0.717) is 19.3 Å². The highest BCUT2D eigenvalue weighted by Gasteiger charge is 2.19. The molecule has 0 aliphatic heterocycles. The fourth-order valence-electron chi connectivity index (χ4n) is 11.2. The van der Waals surface area contributed by atoms with Crippen LogP contribution in [0.2, 0.25) is 0 Å². The molecule has 0 aliphatic rings. The van der Waals surface area contributed by atoms with E-state index in [0.717, 1.165) is 77.0 Å². The third-order valence-corrected chi connectivity index (χ3v) is 16.8. The third kappa shape index (κ3) is 70.0. The summed E-state index contributed by atoms with van der Waals surface area (Å²) >= 11 is 0. The van der Waals surface area contributed by atoms with Crippen molar-refractivity contribution < 1.29 is 28.6 Å². The van der Waals surface area contributed by atoms with E-state index in [9.17, 15) is 14.4 Å². The molecule has 0 saturated carbocycles. The zero-order valence-electron chi connectivity index (χ0n) is 56.0. The average molecular weight is 1160 g/mol. The van der Waals surface area contributed by atoms with Crippen LogP contribution in [0.15, 0.2) is 48.6 Å². The highest BCUT2D eigenvalue weighted by atomic mass is 16.6. The highest BCUT2D eigenvalue weighted by molar-refractivity contribution is 5.71. The van der Waals surface area contributed by atoms with Crippen LogP contribution in [0.4, 0.5) is 0 Å². The summed E-state index contributed by atoms with van der Waals surface area (Å²) in [7, 11) is 0. The summed E-state index contributed by atoms with van der Waals surface area (Å²) in [6.07, 6.45) is 91.7. The fraction of sp³-hybridized carbons (Fsp3) is 0.857. The van der Waals surface area contributed by atoms with Crippen LogP contribution in [0.5, 0.6) is 0 Å². The Kier molecular flexibility index (Phi) is 69.6. The van der Waals surface area contributed by atoms with Gasteiger partial charge in [-0.15, -0.1) is 0 Å². The molecule has 0 radical (unpaired) electrons. The Morgan fingerprint density at radius 2 is 0.434 bits per heavy atom. The molecule has 83 heavy (non-hydrogen) atoms. The maximum absolute atomic E-state index is 12.9. The molecule has 1 atom stereocenters. The molecule has 0 aromatic rings. The minimum atomic E-state index is -0.780. The first-order valence-corrected chi connectivity index (χ1v) is 37.1. The molecule has 0 heterocycles. The van der Waals surface area contributed by atoms with Crippen molar-refractivity contribution in [3.63, 3.8) is 0 Å². The van der Waals surface area contributed by atoms with E-state index in [1.54, 1.807) is 0 Å². The molecule has 0 N–H and O–H groups in total. The zero-order chi connectivity index (χ0) is 59.9. The van der Waals surface area contributed by atoms with E-state index >= 15 is 0 Å². The van der Waals surface area contributed by atoms with Gasteiger partial charge in [0, 0.05) is 19.3 Å². The molecule has 0 spiro atoms. The average Bonchev–Trinajstić information content (AvgIpc) is 3.49. The summed E-state index contributed by atoms with van der Waals surface area (Å²) in [5.74, 6) is -0.868. The van der Waals surface area contributed by atoms with Gasteiger partial charge in [-0.2, -0.15) is 0 Å². The normalized spacial score (nSPS) is 12.3. The molecule has 0 aromatic carbocycles. The summed E-state index contributed by atoms with van der Waals surface area (Å²) in [6.45, 7) is 6.65. The van der Waals surface area contributed by atoms with Gasteiger partial charge in [-0.1, -0.05) is 333 Å². The first-order valence-electron chi connectivity index (χ1n) is 37.1. The molecule has 0 amide bonds. The molecule has 0 aliphatic carbocycles. The lowest BCUT2D eigenvalue weighted by atomic mass is 10.0. The molecule has 0 fully saturated rings. The topological polar surface area (TPSA) is 78.9 Å². The molecule has 0 bridgehead atoms. The van der Waals surface area contributed by atoms with Gasteiger partial charge in [-0.25, -0.2) is 0 Å². The highest BCUT2D eigenvalue weighted by Crippen LogP contribution is 2.19. The van der Waals surface area contributed by atoms with Gasteiger partial charge in [-0.3, -0.25) is 14.4 Å². The molecular weight excluding hydrogens is 1020 g/mol. The van der Waals surface area contributed by atoms with Gasteiger partial charge in [0.2, 0.25) is 0 Å². The van der Waals surface area contributed by atoms with Crippen molar-refractivity contribution in [1.82, 2.24) is 0 Å². The summed E-state index contributed by atoms with van der Waals surface area (Å²) in [6, 6.07) is 0. The second kappa shape index (κ2) is 71.8. The van der Waals surface area contributed by atoms with Gasteiger partial charge in [0.1, 0.15) is 13.2 Å². The number of rotatable bonds is 69. The second-order valence-corrected chi connectivity index (χ2v) is 25.2. The van der Waals surface area contributed by atoms with Gasteiger partial charge < -0.3 is 14.2 Å². The Hall–Kier alpha value is -2.63. The molecule has 1 unspecified atom stereocenters. The largest absolute Gasteiger partial charge is 0.462 e. The number of allylic oxidation sites excluding steroid dienone is 8. The van der Waals surface area contributed by atoms with Crippen molar-refractivity contribution in [3.05, 3.63) is 48.6 Å². The van der Waals surface area contributed by atoms with Crippen molar-refractivity contribution >= 4 is 17.9 Å². The SMILES string of the molecule is CCCCC/C=C\C/C=C\CCCCCCCCCC(=O)OC(COC(=O)CCCCCCC/C=C\CCCCCC)COC(=O)CCCCCCCCCCCCCCCCCCCCCCCCC/C=C\CCCCCCCCCC. The number of esters is 3. The monoisotopic (exact) mass is 1160 g/mol. The van der Waals surface area contributed by atoms with Crippen LogP contribution in [0, 0.1) is 0 Å². The standard InChI is InChI=1S/C77H142O6/c1-4-7-10-13-16-19-22-25-27-29-30-31-32-33-34-35-36-37-38-39-40-41-42-43-44-45-46-48-49-52-55-58-61-64-67-70-76(79)82-73-74(72-81-75(78)69-66-63-60-57-54-51-24-21-18-15-12-9-6-3)83-77(80)71-68-65-62-59-56-53-50-47-28-26-23-20-17-14-11-8-5-2/h17,20-21,24,26,28-30,74H,4-16,18-19,22-23,25,27,31-73H2,1-3H3/b20-17-,24-21-,28-26-,30-29-. The summed E-state index contributed by atoms with van der Waals surface area (Å²) in [5.41, 5.74) is 0. The lowest BCUT2D eigenvalue weighted by Gasteiger charge is -2.18. The second-order valence-electron chi connectivity index (χ2n) is 25.2. The molecule has 6 heteroatoms. The number of carbonyl (C=O) groups is 3. The van der Waals surface area contributed by atoms with Crippen LogP contribution in [0.25, 0.3) is 0 Å². The van der Waals surface area contributed by atoms with E-state index in [2.05, 4.69) is 69.4 Å². The van der Waals surface area contributed by atoms with E-state index in [1.165, 1.54) is 289 Å². The summed E-state index contributed by atoms with van der Waals surface area (Å²) < 4.78 is 17.0. The number of hydrogen-bond donors (Lipinski definition) is 0. The number of ether oxygens (including phenoxy) is 3. The predicted molar refractivity (Wildman–Crippen MR) is 362 cm³/mol. The summed E-state index contributed by atoms with van der Waals surface area (Å²) in [5, 5.41) is 0. The minimum Gasteiger partial charge on any atom is -0.462 e. The van der Waals surface area contributed by atoms with Crippen LogP contribution < -0.4 is 0 Å². The molecule has 0 aromatic heterocycles. The van der Waals surface area contributed by atoms with Crippen molar-refractivity contribution in [2.24, 2.45) is 0 Å². The molecule has 6 nitrogen and oxygen atoms in total. The third-order valence-electron chi connectivity index (χ3n) is 16.8. The van der Waals surface area contributed by atoms with Crippen LogP contribution in [-0.4, -0.2) is 37.2 Å². The van der Waals surface area contributed by atoms with Gasteiger partial charge in [0.05, 0.1) is 0 Å². The van der Waals surface area contributed by atoms with Crippen LogP contribution in [0.3, 0.4) is 0 Å². The van der Waals surface area contributed by atoms with Gasteiger partial charge >= 0.3 is 17.9 Å². The Labute approximate surface area is 518 Å². The van der Waals surface area contributed by atoms with E-state index in [1.807, 2.05) is 0 Å². The smallest absolute Gasteiger partial charge is 0.306 e. The summed E-state index contributed by atoms with van der Waals surface area (Å²) in [4.78, 5) is 38.4. The van der Waals surface area contributed by atoms with Crippen molar-refractivity contribution in [3.8, 4) is 0 Å². The lowest BCUT2D eigenvalue weighted by Crippen LogP contribution is -2.30. The van der Waals surface area contributed by atoms with E-state index < -0.39 is 6.10 Å². The molecule has 0 saturated heterocycles. The van der Waals surface area contributed by atoms with Gasteiger partial charge in [0.15, 0.2) is 6.10 Å². The van der Waals surface area contributed by atoms with Crippen LogP contribution in [-0.2, 0) is 28.6 Å². The Balaban J connectivity index is 4.08. The Morgan fingerprint density at radius 3 is 0.711 bits per heavy atom. The zero-order valence-corrected chi connectivity index (χ0v) is 56.0. The quantitative estimate of drug-likeness (QED) is 0.0261. The van der Waals surface area contributed by atoms with E-state index in [-0.39, 0.29) is 31.1 Å². The predicted octanol–water partition coefficient (Wildman–Crippen LogP) is 25.7. The van der Waals surface area contributed by atoms with Gasteiger partial charge in [-0.05, 0) is 103 Å². The first-order chi connectivity index (χ1) is 41.0. The fourth-order valence-corrected chi connectivity index (χ4v) is 11.2. The minimum absolute atomic E-state index is 0.0749. The lowest BCUT2D eigenvalue weighted by molar-refractivity contribution is -0.167. The van der Waals surface area contributed by atoms with Crippen molar-refractivity contribution in [1.29, 1.82) is 0 Å². The molecule has 486 valence electrons. The first kappa shape index (κ1) is 80.4. The number of carbonyl (C=O) groups excluding carboxylic acids is 3. The Bertz CT molecular complexity index is 1430. The van der Waals surface area contributed by atoms with Crippen LogP contribution in [0.1, 0.15) is 406 Å². The van der Waals surface area contributed by atoms with Crippen molar-refractivity contribution in [2.45, 2.75) is 412 Å².